The summed E-state index contributed by atoms with van der Waals surface area (Å²) in [5, 5.41) is 7.66. The smallest absolute Gasteiger partial charge is 0.256 e. The van der Waals surface area contributed by atoms with Gasteiger partial charge in [0.25, 0.3) is 5.95 Å². The summed E-state index contributed by atoms with van der Waals surface area (Å²) in [7, 11) is 0. The van der Waals surface area contributed by atoms with Crippen molar-refractivity contribution in [3.8, 4) is 5.95 Å². The molecule has 2 aromatic rings. The summed E-state index contributed by atoms with van der Waals surface area (Å²) >= 11 is 5.99. The molecule has 8 heteroatoms. The Morgan fingerprint density at radius 2 is 2.10 bits per heavy atom. The van der Waals surface area contributed by atoms with Gasteiger partial charge in [0.1, 0.15) is 0 Å². The van der Waals surface area contributed by atoms with Crippen LogP contribution < -0.4 is 5.32 Å². The molecule has 0 radical (unpaired) electrons. The van der Waals surface area contributed by atoms with Crippen LogP contribution in [0.4, 0.5) is 5.95 Å². The minimum atomic E-state index is 0.176. The van der Waals surface area contributed by atoms with Gasteiger partial charge in [0.15, 0.2) is 0 Å². The second-order valence-electron chi connectivity index (χ2n) is 5.53. The lowest BCUT2D eigenvalue weighted by molar-refractivity contribution is 0.326. The minimum Gasteiger partial charge on any atom is -0.350 e. The lowest BCUT2D eigenvalue weighted by atomic mass is 10.3. The van der Waals surface area contributed by atoms with E-state index < -0.39 is 0 Å². The van der Waals surface area contributed by atoms with E-state index in [4.69, 9.17) is 11.6 Å². The van der Waals surface area contributed by atoms with Crippen LogP contribution in [-0.4, -0.2) is 54.8 Å². The summed E-state index contributed by atoms with van der Waals surface area (Å²) in [6.45, 7) is 2.19. The minimum absolute atomic E-state index is 0.176. The Morgan fingerprint density at radius 3 is 2.86 bits per heavy atom. The first kappa shape index (κ1) is 13.0. The van der Waals surface area contributed by atoms with Crippen molar-refractivity contribution in [2.75, 3.05) is 18.4 Å². The largest absolute Gasteiger partial charge is 0.350 e. The standard InChI is InChI=1S/C13H16ClN7/c14-11-17-12(19-13(18-11)21-6-1-5-15-21)16-9-4-7-20(8-9)10-2-3-10/h1,5-6,9-10H,2-4,7-8H2,(H,16,17,18,19). The van der Waals surface area contributed by atoms with Crippen LogP contribution in [0.5, 0.6) is 0 Å². The Hall–Kier alpha value is -1.73. The quantitative estimate of drug-likeness (QED) is 0.919. The molecule has 0 spiro atoms. The van der Waals surface area contributed by atoms with E-state index in [-0.39, 0.29) is 5.28 Å². The van der Waals surface area contributed by atoms with Crippen molar-refractivity contribution < 1.29 is 0 Å². The highest BCUT2D eigenvalue weighted by molar-refractivity contribution is 6.28. The fourth-order valence-electron chi connectivity index (χ4n) is 2.75. The highest BCUT2D eigenvalue weighted by atomic mass is 35.5. The van der Waals surface area contributed by atoms with E-state index in [1.807, 2.05) is 6.07 Å². The molecule has 1 N–H and O–H groups in total. The lowest BCUT2D eigenvalue weighted by Crippen LogP contribution is -2.28. The van der Waals surface area contributed by atoms with Crippen LogP contribution in [0, 0.1) is 0 Å². The maximum Gasteiger partial charge on any atom is 0.256 e. The number of halogens is 1. The van der Waals surface area contributed by atoms with Crippen molar-refractivity contribution in [3.63, 3.8) is 0 Å². The normalized spacial score (nSPS) is 22.6. The SMILES string of the molecule is Clc1nc(NC2CCN(C3CC3)C2)nc(-n2cccn2)n1. The van der Waals surface area contributed by atoms with Crippen LogP contribution in [0.1, 0.15) is 19.3 Å². The summed E-state index contributed by atoms with van der Waals surface area (Å²) in [4.78, 5) is 15.2. The average Bonchev–Trinajstić information content (AvgIpc) is 2.99. The number of anilines is 1. The Balaban J connectivity index is 1.50. The van der Waals surface area contributed by atoms with Crippen molar-refractivity contribution in [3.05, 3.63) is 23.7 Å². The zero-order valence-electron chi connectivity index (χ0n) is 11.5. The van der Waals surface area contributed by atoms with Crippen molar-refractivity contribution >= 4 is 17.5 Å². The van der Waals surface area contributed by atoms with E-state index >= 15 is 0 Å². The first-order valence-electron chi connectivity index (χ1n) is 7.20. The van der Waals surface area contributed by atoms with Gasteiger partial charge in [-0.1, -0.05) is 0 Å². The van der Waals surface area contributed by atoms with Gasteiger partial charge in [0.05, 0.1) is 0 Å². The van der Waals surface area contributed by atoms with Gasteiger partial charge < -0.3 is 5.32 Å². The van der Waals surface area contributed by atoms with Crippen molar-refractivity contribution in [1.82, 2.24) is 29.6 Å². The number of nitrogens with zero attached hydrogens (tertiary/aromatic N) is 6. The number of nitrogens with one attached hydrogen (secondary N) is 1. The van der Waals surface area contributed by atoms with Crippen LogP contribution >= 0.6 is 11.6 Å². The van der Waals surface area contributed by atoms with E-state index in [9.17, 15) is 0 Å². The van der Waals surface area contributed by atoms with E-state index in [1.165, 1.54) is 12.8 Å². The summed E-state index contributed by atoms with van der Waals surface area (Å²) in [5.74, 6) is 0.947. The van der Waals surface area contributed by atoms with Crippen molar-refractivity contribution in [2.45, 2.75) is 31.3 Å². The van der Waals surface area contributed by atoms with Crippen LogP contribution in [0.25, 0.3) is 5.95 Å². The Labute approximate surface area is 127 Å². The van der Waals surface area contributed by atoms with Crippen molar-refractivity contribution in [1.29, 1.82) is 0 Å². The molecule has 4 rings (SSSR count). The van der Waals surface area contributed by atoms with Gasteiger partial charge in [-0.3, -0.25) is 4.90 Å². The van der Waals surface area contributed by atoms with Gasteiger partial charge in [-0.2, -0.15) is 20.1 Å². The predicted molar refractivity (Wildman–Crippen MR) is 78.6 cm³/mol. The van der Waals surface area contributed by atoms with Gasteiger partial charge >= 0.3 is 0 Å². The fourth-order valence-corrected chi connectivity index (χ4v) is 2.91. The summed E-state index contributed by atoms with van der Waals surface area (Å²) in [6, 6.07) is 2.99. The van der Waals surface area contributed by atoms with E-state index in [0.29, 0.717) is 17.9 Å². The van der Waals surface area contributed by atoms with Gasteiger partial charge in [-0.15, -0.1) is 0 Å². The molecule has 1 saturated carbocycles. The Morgan fingerprint density at radius 1 is 1.19 bits per heavy atom. The Kier molecular flexibility index (Phi) is 3.23. The van der Waals surface area contributed by atoms with Gasteiger partial charge in [0, 0.05) is 37.6 Å². The summed E-state index contributed by atoms with van der Waals surface area (Å²) in [5.41, 5.74) is 0. The lowest BCUT2D eigenvalue weighted by Gasteiger charge is -2.15. The molecular weight excluding hydrogens is 290 g/mol. The Bertz CT molecular complexity index is 625. The summed E-state index contributed by atoms with van der Waals surface area (Å²) in [6.07, 6.45) is 7.24. The fraction of sp³-hybridized carbons (Fsp3) is 0.538. The number of aromatic nitrogens is 5. The molecular formula is C13H16ClN7. The summed E-state index contributed by atoms with van der Waals surface area (Å²) < 4.78 is 1.57. The molecule has 2 aliphatic rings. The molecule has 2 aromatic heterocycles. The third kappa shape index (κ3) is 2.84. The zero-order valence-corrected chi connectivity index (χ0v) is 12.2. The van der Waals surface area contributed by atoms with Gasteiger partial charge in [-0.25, -0.2) is 4.68 Å². The van der Waals surface area contributed by atoms with Crippen LogP contribution in [0.2, 0.25) is 5.28 Å². The molecule has 3 heterocycles. The molecule has 0 amide bonds. The van der Waals surface area contributed by atoms with Gasteiger partial charge in [0.2, 0.25) is 11.2 Å². The van der Waals surface area contributed by atoms with E-state index in [0.717, 1.165) is 25.6 Å². The molecule has 7 nitrogen and oxygen atoms in total. The van der Waals surface area contributed by atoms with E-state index in [1.54, 1.807) is 17.1 Å². The molecule has 1 unspecified atom stereocenters. The van der Waals surface area contributed by atoms with Crippen LogP contribution in [0.3, 0.4) is 0 Å². The third-order valence-electron chi connectivity index (χ3n) is 3.92. The number of rotatable bonds is 4. The van der Waals surface area contributed by atoms with Crippen molar-refractivity contribution in [2.24, 2.45) is 0 Å². The molecule has 0 bridgehead atoms. The maximum atomic E-state index is 5.99. The molecule has 0 aromatic carbocycles. The molecule has 1 saturated heterocycles. The molecule has 1 aliphatic carbocycles. The highest BCUT2D eigenvalue weighted by Crippen LogP contribution is 2.30. The maximum absolute atomic E-state index is 5.99. The van der Waals surface area contributed by atoms with Crippen LogP contribution in [0.15, 0.2) is 18.5 Å². The van der Waals surface area contributed by atoms with Crippen LogP contribution in [-0.2, 0) is 0 Å². The number of hydrogen-bond acceptors (Lipinski definition) is 6. The monoisotopic (exact) mass is 305 g/mol. The molecule has 2 fully saturated rings. The number of hydrogen-bond donors (Lipinski definition) is 1. The second kappa shape index (κ2) is 5.23. The van der Waals surface area contributed by atoms with Gasteiger partial charge in [-0.05, 0) is 36.9 Å². The highest BCUT2D eigenvalue weighted by Gasteiger charge is 2.34. The third-order valence-corrected chi connectivity index (χ3v) is 4.09. The van der Waals surface area contributed by atoms with E-state index in [2.05, 4.69) is 30.3 Å². The zero-order chi connectivity index (χ0) is 14.2. The first-order chi connectivity index (χ1) is 10.3. The molecule has 110 valence electrons. The first-order valence-corrected chi connectivity index (χ1v) is 7.58. The average molecular weight is 306 g/mol. The second-order valence-corrected chi connectivity index (χ2v) is 5.87. The molecule has 21 heavy (non-hydrogen) atoms. The molecule has 1 atom stereocenters. The topological polar surface area (TPSA) is 71.8 Å². The predicted octanol–water partition coefficient (Wildman–Crippen LogP) is 1.36. The number of likely N-dealkylation sites (tertiary alicyclic amines) is 1. The molecule has 1 aliphatic heterocycles.